The largest absolute Gasteiger partial charge is 0.326 e. The summed E-state index contributed by atoms with van der Waals surface area (Å²) in [5.41, 5.74) is 7.43. The lowest BCUT2D eigenvalue weighted by Crippen LogP contribution is -2.44. The van der Waals surface area contributed by atoms with Gasteiger partial charge in [0.15, 0.2) is 0 Å². The van der Waals surface area contributed by atoms with Crippen LogP contribution in [-0.2, 0) is 0 Å². The van der Waals surface area contributed by atoms with Crippen LogP contribution in [0.25, 0.3) is 0 Å². The number of rotatable bonds is 5. The van der Waals surface area contributed by atoms with Crippen molar-refractivity contribution >= 4 is 11.8 Å². The van der Waals surface area contributed by atoms with Crippen molar-refractivity contribution in [1.29, 1.82) is 0 Å². The van der Waals surface area contributed by atoms with Gasteiger partial charge < -0.3 is 5.73 Å². The van der Waals surface area contributed by atoms with Gasteiger partial charge in [0.25, 0.3) is 0 Å². The van der Waals surface area contributed by atoms with E-state index in [4.69, 9.17) is 5.73 Å². The summed E-state index contributed by atoms with van der Waals surface area (Å²) in [5, 5.41) is 0. The molecular formula is C15H23FN2S. The Balaban J connectivity index is 2.21. The lowest BCUT2D eigenvalue weighted by atomic mass is 9.95. The van der Waals surface area contributed by atoms with Gasteiger partial charge in [-0.15, -0.1) is 0 Å². The first kappa shape index (κ1) is 14.8. The van der Waals surface area contributed by atoms with Crippen molar-refractivity contribution in [2.75, 3.05) is 18.6 Å². The molecule has 0 spiro atoms. The molecule has 1 saturated heterocycles. The number of thioether (sulfide) groups is 1. The molecule has 0 saturated carbocycles. The highest BCUT2D eigenvalue weighted by Gasteiger charge is 2.30. The third-order valence-electron chi connectivity index (χ3n) is 4.01. The van der Waals surface area contributed by atoms with Crippen LogP contribution in [0.4, 0.5) is 4.39 Å². The van der Waals surface area contributed by atoms with Gasteiger partial charge in [0, 0.05) is 23.9 Å². The Kier molecular flexibility index (Phi) is 5.25. The molecule has 0 aliphatic carbocycles. The van der Waals surface area contributed by atoms with Crippen molar-refractivity contribution in [2.24, 2.45) is 5.73 Å². The molecule has 1 aliphatic rings. The van der Waals surface area contributed by atoms with E-state index in [-0.39, 0.29) is 17.9 Å². The van der Waals surface area contributed by atoms with Gasteiger partial charge in [-0.1, -0.05) is 19.1 Å². The fraction of sp³-hybridized carbons (Fsp3) is 0.600. The molecule has 2 N–H and O–H groups in total. The van der Waals surface area contributed by atoms with Crippen LogP contribution < -0.4 is 5.73 Å². The second kappa shape index (κ2) is 6.73. The summed E-state index contributed by atoms with van der Waals surface area (Å²) < 4.78 is 13.1. The zero-order valence-electron chi connectivity index (χ0n) is 11.7. The van der Waals surface area contributed by atoms with Crippen molar-refractivity contribution in [3.63, 3.8) is 0 Å². The van der Waals surface area contributed by atoms with E-state index in [2.05, 4.69) is 18.9 Å². The monoisotopic (exact) mass is 282 g/mol. The SMILES string of the molecule is CCC(N)C(c1ccc(F)cc1)N(C)C1CCSC1. The summed E-state index contributed by atoms with van der Waals surface area (Å²) >= 11 is 2.00. The molecule has 19 heavy (non-hydrogen) atoms. The first-order valence-corrected chi connectivity index (χ1v) is 8.09. The van der Waals surface area contributed by atoms with E-state index in [0.717, 1.165) is 12.0 Å². The number of nitrogens with zero attached hydrogens (tertiary/aromatic N) is 1. The molecule has 0 bridgehead atoms. The van der Waals surface area contributed by atoms with Crippen LogP contribution >= 0.6 is 11.8 Å². The molecule has 2 nitrogen and oxygen atoms in total. The molecule has 0 amide bonds. The van der Waals surface area contributed by atoms with Gasteiger partial charge in [-0.05, 0) is 43.3 Å². The summed E-state index contributed by atoms with van der Waals surface area (Å²) in [6, 6.07) is 7.64. The molecule has 0 aromatic heterocycles. The average Bonchev–Trinajstić information content (AvgIpc) is 2.95. The van der Waals surface area contributed by atoms with Crippen LogP contribution in [0.2, 0.25) is 0 Å². The molecule has 0 radical (unpaired) electrons. The predicted octanol–water partition coefficient (Wildman–Crippen LogP) is 3.04. The Hall–Kier alpha value is -0.580. The van der Waals surface area contributed by atoms with Gasteiger partial charge in [0.05, 0.1) is 0 Å². The first-order valence-electron chi connectivity index (χ1n) is 6.94. The minimum Gasteiger partial charge on any atom is -0.326 e. The summed E-state index contributed by atoms with van der Waals surface area (Å²) in [5.74, 6) is 2.21. The van der Waals surface area contributed by atoms with Crippen LogP contribution in [0, 0.1) is 5.82 Å². The van der Waals surface area contributed by atoms with Gasteiger partial charge in [-0.2, -0.15) is 11.8 Å². The zero-order chi connectivity index (χ0) is 13.8. The van der Waals surface area contributed by atoms with E-state index in [1.54, 1.807) is 0 Å². The third kappa shape index (κ3) is 3.50. The summed E-state index contributed by atoms with van der Waals surface area (Å²) in [6.07, 6.45) is 2.14. The van der Waals surface area contributed by atoms with Crippen molar-refractivity contribution < 1.29 is 4.39 Å². The van der Waals surface area contributed by atoms with E-state index in [0.29, 0.717) is 6.04 Å². The van der Waals surface area contributed by atoms with E-state index in [1.165, 1.54) is 30.1 Å². The lowest BCUT2D eigenvalue weighted by Gasteiger charge is -2.36. The Bertz CT molecular complexity index is 390. The average molecular weight is 282 g/mol. The maximum Gasteiger partial charge on any atom is 0.123 e. The second-order valence-corrected chi connectivity index (χ2v) is 6.40. The predicted molar refractivity (Wildman–Crippen MR) is 80.9 cm³/mol. The van der Waals surface area contributed by atoms with Gasteiger partial charge in [0.1, 0.15) is 5.82 Å². The fourth-order valence-electron chi connectivity index (χ4n) is 2.74. The van der Waals surface area contributed by atoms with Crippen LogP contribution in [0.1, 0.15) is 31.4 Å². The van der Waals surface area contributed by atoms with E-state index < -0.39 is 0 Å². The minimum atomic E-state index is -0.188. The van der Waals surface area contributed by atoms with Crippen LogP contribution in [0.3, 0.4) is 0 Å². The van der Waals surface area contributed by atoms with Gasteiger partial charge in [-0.3, -0.25) is 4.90 Å². The van der Waals surface area contributed by atoms with E-state index >= 15 is 0 Å². The number of hydrogen-bond donors (Lipinski definition) is 1. The molecule has 3 unspecified atom stereocenters. The smallest absolute Gasteiger partial charge is 0.123 e. The zero-order valence-corrected chi connectivity index (χ0v) is 12.5. The molecule has 1 heterocycles. The molecule has 4 heteroatoms. The number of benzene rings is 1. The highest BCUT2D eigenvalue weighted by Crippen LogP contribution is 2.31. The Morgan fingerprint density at radius 1 is 1.42 bits per heavy atom. The quantitative estimate of drug-likeness (QED) is 0.900. The van der Waals surface area contributed by atoms with Crippen molar-refractivity contribution in [1.82, 2.24) is 4.90 Å². The Morgan fingerprint density at radius 2 is 2.11 bits per heavy atom. The number of nitrogens with two attached hydrogens (primary N) is 1. The van der Waals surface area contributed by atoms with Crippen LogP contribution in [0.5, 0.6) is 0 Å². The third-order valence-corrected chi connectivity index (χ3v) is 5.15. The van der Waals surface area contributed by atoms with E-state index in [1.807, 2.05) is 23.9 Å². The first-order chi connectivity index (χ1) is 9.13. The number of hydrogen-bond acceptors (Lipinski definition) is 3. The van der Waals surface area contributed by atoms with E-state index in [9.17, 15) is 4.39 Å². The summed E-state index contributed by atoms with van der Waals surface area (Å²) in [6.45, 7) is 2.11. The molecule has 3 atom stereocenters. The lowest BCUT2D eigenvalue weighted by molar-refractivity contribution is 0.161. The molecule has 1 aliphatic heterocycles. The minimum absolute atomic E-state index is 0.0843. The summed E-state index contributed by atoms with van der Waals surface area (Å²) in [7, 11) is 2.15. The molecule has 2 rings (SSSR count). The molecule has 1 aromatic rings. The van der Waals surface area contributed by atoms with Crippen molar-refractivity contribution in [3.05, 3.63) is 35.6 Å². The molecule has 1 fully saturated rings. The fourth-order valence-corrected chi connectivity index (χ4v) is 4.02. The van der Waals surface area contributed by atoms with Gasteiger partial charge in [0.2, 0.25) is 0 Å². The molecular weight excluding hydrogens is 259 g/mol. The van der Waals surface area contributed by atoms with Crippen molar-refractivity contribution in [2.45, 2.75) is 37.9 Å². The second-order valence-electron chi connectivity index (χ2n) is 5.25. The van der Waals surface area contributed by atoms with Crippen LogP contribution in [0.15, 0.2) is 24.3 Å². The normalized spacial score (nSPS) is 22.7. The Morgan fingerprint density at radius 3 is 2.63 bits per heavy atom. The van der Waals surface area contributed by atoms with Gasteiger partial charge in [-0.25, -0.2) is 4.39 Å². The summed E-state index contributed by atoms with van der Waals surface area (Å²) in [4.78, 5) is 2.39. The maximum atomic E-state index is 13.1. The molecule has 1 aromatic carbocycles. The highest BCUT2D eigenvalue weighted by atomic mass is 32.2. The highest BCUT2D eigenvalue weighted by molar-refractivity contribution is 7.99. The standard InChI is InChI=1S/C15H23FN2S/c1-3-14(17)15(11-4-6-12(16)7-5-11)18(2)13-8-9-19-10-13/h4-7,13-15H,3,8-10,17H2,1-2H3. The maximum absolute atomic E-state index is 13.1. The number of halogens is 1. The van der Waals surface area contributed by atoms with Crippen LogP contribution in [-0.4, -0.2) is 35.5 Å². The van der Waals surface area contributed by atoms with Crippen molar-refractivity contribution in [3.8, 4) is 0 Å². The topological polar surface area (TPSA) is 29.3 Å². The van der Waals surface area contributed by atoms with Gasteiger partial charge >= 0.3 is 0 Å². The Labute approximate surface area is 119 Å². The number of likely N-dealkylation sites (N-methyl/N-ethyl adjacent to an activating group) is 1. The molecule has 106 valence electrons.